The van der Waals surface area contributed by atoms with Gasteiger partial charge in [-0.3, -0.25) is 4.18 Å². The second-order valence-corrected chi connectivity index (χ2v) is 3.78. The summed E-state index contributed by atoms with van der Waals surface area (Å²) < 4.78 is 26.0. The van der Waals surface area contributed by atoms with Crippen LogP contribution in [0.25, 0.3) is 0 Å². The summed E-state index contributed by atoms with van der Waals surface area (Å²) in [6.45, 7) is 3.86. The third-order valence-electron chi connectivity index (χ3n) is 1.05. The van der Waals surface area contributed by atoms with Crippen molar-refractivity contribution in [2.24, 2.45) is 0 Å². The van der Waals surface area contributed by atoms with Gasteiger partial charge >= 0.3 is 29.6 Å². The molecule has 0 heterocycles. The molecular weight excluding hydrogens is 175 g/mol. The molecule has 3 nitrogen and oxygen atoms in total. The van der Waals surface area contributed by atoms with Gasteiger partial charge < -0.3 is 1.43 Å². The second-order valence-electron chi connectivity index (χ2n) is 2.02. The Morgan fingerprint density at radius 3 is 2.27 bits per heavy atom. The van der Waals surface area contributed by atoms with Crippen LogP contribution in [0, 0.1) is 0 Å². The molecule has 0 aliphatic rings. The van der Waals surface area contributed by atoms with Crippen molar-refractivity contribution in [3.8, 4) is 0 Å². The summed E-state index contributed by atoms with van der Waals surface area (Å²) in [7, 11) is -3.19. The Morgan fingerprint density at radius 1 is 1.36 bits per heavy atom. The maximum absolute atomic E-state index is 10.8. The third kappa shape index (κ3) is 8.82. The molecule has 0 aromatic heterocycles. The predicted molar refractivity (Wildman–Crippen MR) is 41.4 cm³/mol. The normalized spacial score (nSPS) is 10.7. The SMILES string of the molecule is CCCCS(=O)(=O)OCC.[H-].[Na+]. The molecule has 5 heteroatoms. The smallest absolute Gasteiger partial charge is 1.00 e. The monoisotopic (exact) mass is 190 g/mol. The van der Waals surface area contributed by atoms with Crippen LogP contribution in [0.3, 0.4) is 0 Å². The van der Waals surface area contributed by atoms with Gasteiger partial charge in [-0.25, -0.2) is 0 Å². The van der Waals surface area contributed by atoms with Crippen LogP contribution in [-0.2, 0) is 14.3 Å². The van der Waals surface area contributed by atoms with E-state index in [0.717, 1.165) is 6.42 Å². The molecule has 0 aliphatic heterocycles. The van der Waals surface area contributed by atoms with Gasteiger partial charge in [-0.1, -0.05) is 13.3 Å². The summed E-state index contributed by atoms with van der Waals surface area (Å²) in [5, 5.41) is 0. The van der Waals surface area contributed by atoms with Crippen LogP contribution in [0.4, 0.5) is 0 Å². The van der Waals surface area contributed by atoms with E-state index in [1.807, 2.05) is 6.92 Å². The standard InChI is InChI=1S/C6H14O3S.Na.H/c1-3-5-6-10(7,8)9-4-2;;/h3-6H2,1-2H3;;/q;+1;-1. The van der Waals surface area contributed by atoms with E-state index in [1.54, 1.807) is 6.92 Å². The number of unbranched alkanes of at least 4 members (excludes halogenated alkanes) is 1. The second kappa shape index (κ2) is 7.55. The van der Waals surface area contributed by atoms with E-state index in [4.69, 9.17) is 0 Å². The molecule has 0 spiro atoms. The Kier molecular flexibility index (Phi) is 9.91. The first-order valence-corrected chi connectivity index (χ1v) is 5.07. The molecule has 0 unspecified atom stereocenters. The topological polar surface area (TPSA) is 43.4 Å². The Labute approximate surface area is 92.4 Å². The van der Waals surface area contributed by atoms with Gasteiger partial charge in [0.15, 0.2) is 0 Å². The van der Waals surface area contributed by atoms with Gasteiger partial charge in [0.2, 0.25) is 0 Å². The van der Waals surface area contributed by atoms with E-state index in [9.17, 15) is 8.42 Å². The van der Waals surface area contributed by atoms with E-state index < -0.39 is 10.1 Å². The Morgan fingerprint density at radius 2 is 1.91 bits per heavy atom. The van der Waals surface area contributed by atoms with Gasteiger partial charge in [-0.2, -0.15) is 8.42 Å². The van der Waals surface area contributed by atoms with Crippen LogP contribution in [0.15, 0.2) is 0 Å². The Balaban J connectivity index is -0.000000405. The molecule has 0 bridgehead atoms. The van der Waals surface area contributed by atoms with E-state index in [0.29, 0.717) is 6.42 Å². The minimum atomic E-state index is -3.19. The van der Waals surface area contributed by atoms with Crippen molar-refractivity contribution >= 4 is 10.1 Å². The van der Waals surface area contributed by atoms with E-state index in [2.05, 4.69) is 4.18 Å². The largest absolute Gasteiger partial charge is 1.00 e. The van der Waals surface area contributed by atoms with Gasteiger partial charge in [-0.05, 0) is 13.3 Å². The van der Waals surface area contributed by atoms with Crippen LogP contribution in [0.5, 0.6) is 0 Å². The van der Waals surface area contributed by atoms with Crippen LogP contribution in [-0.4, -0.2) is 20.8 Å². The molecular formula is C6H15NaO3S. The number of rotatable bonds is 5. The molecule has 0 rings (SSSR count). The Bertz CT molecular complexity index is 170. The fourth-order valence-electron chi connectivity index (χ4n) is 0.560. The van der Waals surface area contributed by atoms with Crippen LogP contribution < -0.4 is 29.6 Å². The molecule has 11 heavy (non-hydrogen) atoms. The molecule has 0 amide bonds. The van der Waals surface area contributed by atoms with E-state index in [1.165, 1.54) is 0 Å². The van der Waals surface area contributed by atoms with Crippen LogP contribution in [0.2, 0.25) is 0 Å². The molecule has 0 fully saturated rings. The Hall–Kier alpha value is 0.910. The fourth-order valence-corrected chi connectivity index (χ4v) is 1.68. The summed E-state index contributed by atoms with van der Waals surface area (Å²) in [6, 6.07) is 0. The zero-order valence-corrected chi connectivity index (χ0v) is 10.3. The quantitative estimate of drug-likeness (QED) is 0.382. The zero-order valence-electron chi connectivity index (χ0n) is 8.46. The summed E-state index contributed by atoms with van der Waals surface area (Å²) in [5.74, 6) is 0.150. The van der Waals surface area contributed by atoms with Crippen molar-refractivity contribution < 1.29 is 43.6 Å². The molecule has 0 N–H and O–H groups in total. The fraction of sp³-hybridized carbons (Fsp3) is 1.00. The van der Waals surface area contributed by atoms with Crippen molar-refractivity contribution in [2.45, 2.75) is 26.7 Å². The minimum Gasteiger partial charge on any atom is -1.00 e. The minimum absolute atomic E-state index is 0. The summed E-state index contributed by atoms with van der Waals surface area (Å²) >= 11 is 0. The maximum atomic E-state index is 10.8. The first-order valence-electron chi connectivity index (χ1n) is 3.49. The van der Waals surface area contributed by atoms with E-state index in [-0.39, 0.29) is 43.3 Å². The van der Waals surface area contributed by atoms with Crippen molar-refractivity contribution in [1.29, 1.82) is 0 Å². The molecule has 0 radical (unpaired) electrons. The first kappa shape index (κ1) is 14.4. The summed E-state index contributed by atoms with van der Waals surface area (Å²) in [5.41, 5.74) is 0. The molecule has 0 saturated heterocycles. The van der Waals surface area contributed by atoms with Crippen molar-refractivity contribution in [2.75, 3.05) is 12.4 Å². The molecule has 0 saturated carbocycles. The molecule has 0 aliphatic carbocycles. The maximum Gasteiger partial charge on any atom is 1.00 e. The molecule has 0 atom stereocenters. The van der Waals surface area contributed by atoms with Crippen LogP contribution in [0.1, 0.15) is 28.1 Å². The predicted octanol–water partition coefficient (Wildman–Crippen LogP) is -1.73. The van der Waals surface area contributed by atoms with Crippen molar-refractivity contribution in [3.05, 3.63) is 0 Å². The van der Waals surface area contributed by atoms with Gasteiger partial charge in [0.1, 0.15) is 0 Å². The first-order chi connectivity index (χ1) is 4.62. The summed E-state index contributed by atoms with van der Waals surface area (Å²) in [4.78, 5) is 0. The van der Waals surface area contributed by atoms with Gasteiger partial charge in [-0.15, -0.1) is 0 Å². The van der Waals surface area contributed by atoms with E-state index >= 15 is 0 Å². The van der Waals surface area contributed by atoms with Gasteiger partial charge in [0.25, 0.3) is 10.1 Å². The average molecular weight is 190 g/mol. The summed E-state index contributed by atoms with van der Waals surface area (Å²) in [6.07, 6.45) is 1.56. The van der Waals surface area contributed by atoms with Crippen LogP contribution >= 0.6 is 0 Å². The molecule has 0 aromatic carbocycles. The molecule has 0 aromatic rings. The van der Waals surface area contributed by atoms with Gasteiger partial charge in [0, 0.05) is 0 Å². The zero-order chi connectivity index (χ0) is 8.04. The number of hydrogen-bond acceptors (Lipinski definition) is 3. The third-order valence-corrected chi connectivity index (χ3v) is 2.43. The average Bonchev–Trinajstić information content (AvgIpc) is 1.84. The van der Waals surface area contributed by atoms with Gasteiger partial charge in [0.05, 0.1) is 12.4 Å². The van der Waals surface area contributed by atoms with Crippen molar-refractivity contribution in [1.82, 2.24) is 0 Å². The number of hydrogen-bond donors (Lipinski definition) is 0. The van der Waals surface area contributed by atoms with Crippen molar-refractivity contribution in [3.63, 3.8) is 0 Å². The molecule has 64 valence electrons.